The molecule has 8 nitrogen and oxygen atoms in total. The first-order valence-electron chi connectivity index (χ1n) is 9.71. The lowest BCUT2D eigenvalue weighted by Gasteiger charge is -2.22. The van der Waals surface area contributed by atoms with Crippen molar-refractivity contribution < 1.29 is 23.8 Å². The van der Waals surface area contributed by atoms with Crippen LogP contribution in [-0.4, -0.2) is 50.3 Å². The highest BCUT2D eigenvalue weighted by atomic mass is 16.6. The molecule has 0 spiro atoms. The number of rotatable bonds is 10. The van der Waals surface area contributed by atoms with Gasteiger partial charge in [-0.1, -0.05) is 0 Å². The van der Waals surface area contributed by atoms with Crippen LogP contribution in [-0.2, 0) is 9.47 Å². The number of nitrogens with one attached hydrogen (secondary N) is 1. The molecule has 0 aliphatic heterocycles. The molecule has 8 heteroatoms. The first-order chi connectivity index (χ1) is 14.4. The van der Waals surface area contributed by atoms with Crippen molar-refractivity contribution in [3.8, 4) is 11.8 Å². The van der Waals surface area contributed by atoms with Crippen molar-refractivity contribution in [1.29, 1.82) is 5.26 Å². The van der Waals surface area contributed by atoms with Crippen LogP contribution >= 0.6 is 0 Å². The van der Waals surface area contributed by atoms with E-state index in [1.807, 2.05) is 6.92 Å². The van der Waals surface area contributed by atoms with Crippen molar-refractivity contribution in [2.45, 2.75) is 27.2 Å². The van der Waals surface area contributed by atoms with Gasteiger partial charge in [0.25, 0.3) is 5.91 Å². The van der Waals surface area contributed by atoms with Gasteiger partial charge in [-0.2, -0.15) is 5.26 Å². The molecular weight excluding hydrogens is 386 g/mol. The Kier molecular flexibility index (Phi) is 8.44. The summed E-state index contributed by atoms with van der Waals surface area (Å²) in [7, 11) is 1.52. The zero-order valence-electron chi connectivity index (χ0n) is 17.8. The third-order valence-electron chi connectivity index (χ3n) is 4.53. The number of carbonyl (C=O) groups is 2. The number of aromatic amines is 1. The van der Waals surface area contributed by atoms with E-state index in [4.69, 9.17) is 19.5 Å². The Morgan fingerprint density at radius 3 is 2.47 bits per heavy atom. The van der Waals surface area contributed by atoms with Crippen LogP contribution in [0.25, 0.3) is 0 Å². The Balaban J connectivity index is 2.33. The van der Waals surface area contributed by atoms with E-state index in [0.29, 0.717) is 41.5 Å². The van der Waals surface area contributed by atoms with E-state index >= 15 is 0 Å². The standard InChI is InChI=1S/C22H27N3O5/c1-5-29-18-9-7-17(8-10-18)25(12-6-11-23)21(26)20-15(2)19(16(3)24-20)22(27)30-14-13-28-4/h7-10,24H,5-6,12-14H2,1-4H3. The normalized spacial score (nSPS) is 10.4. The summed E-state index contributed by atoms with van der Waals surface area (Å²) in [6, 6.07) is 9.16. The van der Waals surface area contributed by atoms with Crippen molar-refractivity contribution in [2.24, 2.45) is 0 Å². The molecule has 0 saturated carbocycles. The predicted octanol–water partition coefficient (Wildman–Crippen LogP) is 3.39. The second-order valence-corrected chi connectivity index (χ2v) is 6.55. The average molecular weight is 413 g/mol. The van der Waals surface area contributed by atoms with Crippen LogP contribution in [0.5, 0.6) is 5.75 Å². The van der Waals surface area contributed by atoms with Gasteiger partial charge in [0.1, 0.15) is 18.1 Å². The van der Waals surface area contributed by atoms with Gasteiger partial charge in [-0.15, -0.1) is 0 Å². The molecule has 0 radical (unpaired) electrons. The number of hydrogen-bond donors (Lipinski definition) is 1. The minimum Gasteiger partial charge on any atom is -0.494 e. The summed E-state index contributed by atoms with van der Waals surface area (Å²) >= 11 is 0. The van der Waals surface area contributed by atoms with Crippen molar-refractivity contribution in [3.05, 3.63) is 46.8 Å². The number of esters is 1. The molecule has 0 atom stereocenters. The summed E-state index contributed by atoms with van der Waals surface area (Å²) in [5, 5.41) is 9.02. The topological polar surface area (TPSA) is 105 Å². The maximum Gasteiger partial charge on any atom is 0.340 e. The Morgan fingerprint density at radius 1 is 1.17 bits per heavy atom. The Labute approximate surface area is 176 Å². The smallest absolute Gasteiger partial charge is 0.340 e. The van der Waals surface area contributed by atoms with Crippen molar-refractivity contribution >= 4 is 17.6 Å². The number of H-pyrrole nitrogens is 1. The zero-order valence-corrected chi connectivity index (χ0v) is 17.8. The van der Waals surface area contributed by atoms with E-state index in [0.717, 1.165) is 0 Å². The molecule has 1 amide bonds. The summed E-state index contributed by atoms with van der Waals surface area (Å²) in [6.07, 6.45) is 0.170. The highest BCUT2D eigenvalue weighted by Crippen LogP contribution is 2.25. The molecule has 1 N–H and O–H groups in total. The zero-order chi connectivity index (χ0) is 22.1. The van der Waals surface area contributed by atoms with Gasteiger partial charge in [-0.05, 0) is 50.6 Å². The van der Waals surface area contributed by atoms with Crippen LogP contribution < -0.4 is 9.64 Å². The largest absolute Gasteiger partial charge is 0.494 e. The van der Waals surface area contributed by atoms with Gasteiger partial charge in [0, 0.05) is 25.0 Å². The number of nitrogens with zero attached hydrogens (tertiary/aromatic N) is 2. The van der Waals surface area contributed by atoms with E-state index in [9.17, 15) is 9.59 Å². The van der Waals surface area contributed by atoms with Gasteiger partial charge in [0.15, 0.2) is 0 Å². The molecule has 160 valence electrons. The van der Waals surface area contributed by atoms with Gasteiger partial charge < -0.3 is 24.1 Å². The van der Waals surface area contributed by atoms with E-state index in [1.54, 1.807) is 38.1 Å². The molecule has 0 fully saturated rings. The molecule has 0 aliphatic rings. The number of methoxy groups -OCH3 is 1. The van der Waals surface area contributed by atoms with E-state index < -0.39 is 5.97 Å². The number of ether oxygens (including phenoxy) is 3. The Hall–Kier alpha value is -3.31. The first kappa shape index (κ1) is 23.0. The van der Waals surface area contributed by atoms with Gasteiger partial charge in [0.2, 0.25) is 0 Å². The number of benzene rings is 1. The molecule has 0 aliphatic carbocycles. The Bertz CT molecular complexity index is 912. The monoisotopic (exact) mass is 413 g/mol. The minimum atomic E-state index is -0.512. The molecule has 2 rings (SSSR count). The van der Waals surface area contributed by atoms with Crippen molar-refractivity contribution in [3.63, 3.8) is 0 Å². The molecule has 1 aromatic heterocycles. The van der Waals surface area contributed by atoms with Crippen LogP contribution in [0.4, 0.5) is 5.69 Å². The van der Waals surface area contributed by atoms with Crippen LogP contribution in [0.3, 0.4) is 0 Å². The summed E-state index contributed by atoms with van der Waals surface area (Å²) in [4.78, 5) is 30.3. The van der Waals surface area contributed by atoms with Gasteiger partial charge in [-0.3, -0.25) is 4.79 Å². The van der Waals surface area contributed by atoms with Crippen molar-refractivity contribution in [2.75, 3.05) is 38.4 Å². The number of aryl methyl sites for hydroxylation is 1. The lowest BCUT2D eigenvalue weighted by atomic mass is 10.1. The minimum absolute atomic E-state index is 0.128. The van der Waals surface area contributed by atoms with Crippen LogP contribution in [0, 0.1) is 25.2 Å². The fourth-order valence-electron chi connectivity index (χ4n) is 3.09. The number of anilines is 1. The van der Waals surface area contributed by atoms with Gasteiger partial charge in [0.05, 0.1) is 31.3 Å². The second kappa shape index (κ2) is 11.0. The first-order valence-corrected chi connectivity index (χ1v) is 9.71. The summed E-state index contributed by atoms with van der Waals surface area (Å²) in [5.74, 6) is -0.144. The summed E-state index contributed by atoms with van der Waals surface area (Å²) in [6.45, 7) is 6.49. The SMILES string of the molecule is CCOc1ccc(N(CCC#N)C(=O)c2[nH]c(C)c(C(=O)OCCOC)c2C)cc1. The number of hydrogen-bond acceptors (Lipinski definition) is 6. The van der Waals surface area contributed by atoms with Crippen LogP contribution in [0.15, 0.2) is 24.3 Å². The Morgan fingerprint density at radius 2 is 1.87 bits per heavy atom. The third-order valence-corrected chi connectivity index (χ3v) is 4.53. The second-order valence-electron chi connectivity index (χ2n) is 6.55. The van der Waals surface area contributed by atoms with E-state index in [-0.39, 0.29) is 31.2 Å². The molecule has 30 heavy (non-hydrogen) atoms. The van der Waals surface area contributed by atoms with Crippen molar-refractivity contribution in [1.82, 2.24) is 4.98 Å². The van der Waals surface area contributed by atoms with Crippen LogP contribution in [0.1, 0.15) is 45.4 Å². The molecule has 1 aromatic carbocycles. The quantitative estimate of drug-likeness (QED) is 0.473. The van der Waals surface area contributed by atoms with Gasteiger partial charge >= 0.3 is 5.97 Å². The molecule has 0 unspecified atom stereocenters. The molecular formula is C22H27N3O5. The lowest BCUT2D eigenvalue weighted by molar-refractivity contribution is 0.0387. The number of carbonyl (C=O) groups excluding carboxylic acids is 2. The molecule has 0 bridgehead atoms. The third kappa shape index (κ3) is 5.39. The molecule has 1 heterocycles. The van der Waals surface area contributed by atoms with Gasteiger partial charge in [-0.25, -0.2) is 4.79 Å². The predicted molar refractivity (Wildman–Crippen MR) is 112 cm³/mol. The molecule has 0 saturated heterocycles. The number of amides is 1. The molecule has 2 aromatic rings. The summed E-state index contributed by atoms with van der Waals surface area (Å²) in [5.41, 5.74) is 2.31. The maximum absolute atomic E-state index is 13.3. The summed E-state index contributed by atoms with van der Waals surface area (Å²) < 4.78 is 15.5. The number of nitriles is 1. The lowest BCUT2D eigenvalue weighted by Crippen LogP contribution is -2.32. The maximum atomic E-state index is 13.3. The fraction of sp³-hybridized carbons (Fsp3) is 0.409. The highest BCUT2D eigenvalue weighted by Gasteiger charge is 2.26. The van der Waals surface area contributed by atoms with E-state index in [2.05, 4.69) is 11.1 Å². The fourth-order valence-corrected chi connectivity index (χ4v) is 3.09. The number of aromatic nitrogens is 1. The highest BCUT2D eigenvalue weighted by molar-refractivity contribution is 6.08. The van der Waals surface area contributed by atoms with E-state index in [1.165, 1.54) is 12.0 Å². The average Bonchev–Trinajstić information content (AvgIpc) is 3.03. The van der Waals surface area contributed by atoms with Crippen LogP contribution in [0.2, 0.25) is 0 Å².